The first-order chi connectivity index (χ1) is 10.5. The summed E-state index contributed by atoms with van der Waals surface area (Å²) in [5.41, 5.74) is 11.5. The van der Waals surface area contributed by atoms with Crippen molar-refractivity contribution in [1.82, 2.24) is 15.0 Å². The van der Waals surface area contributed by atoms with Gasteiger partial charge < -0.3 is 20.1 Å². The predicted molar refractivity (Wildman–Crippen MR) is 76.3 cm³/mol. The highest BCUT2D eigenvalue weighted by molar-refractivity contribution is 5.70. The van der Waals surface area contributed by atoms with E-state index < -0.39 is 5.09 Å². The quantitative estimate of drug-likeness (QED) is 0.248. The molecule has 0 bridgehead atoms. The fraction of sp³-hybridized carbons (Fsp3) is 0.182. The Bertz CT molecular complexity index is 589. The summed E-state index contributed by atoms with van der Waals surface area (Å²) >= 11 is 0. The summed E-state index contributed by atoms with van der Waals surface area (Å²) < 4.78 is 5.54. The van der Waals surface area contributed by atoms with E-state index >= 15 is 0 Å². The summed E-state index contributed by atoms with van der Waals surface area (Å²) in [5.74, 6) is 0.928. The van der Waals surface area contributed by atoms with E-state index in [1.807, 2.05) is 24.3 Å². The van der Waals surface area contributed by atoms with Gasteiger partial charge in [0.25, 0.3) is 0 Å². The molecule has 0 saturated carbocycles. The molecule has 0 atom stereocenters. The monoisotopic (exact) mass is 309 g/mol. The molecule has 11 heteroatoms. The summed E-state index contributed by atoms with van der Waals surface area (Å²) in [6, 6.07) is 7.34. The maximum Gasteiger partial charge on any atom is 0.343 e. The topological polar surface area (TPSA) is 172 Å². The molecule has 0 saturated heterocycles. The van der Waals surface area contributed by atoms with Crippen molar-refractivity contribution in [3.63, 3.8) is 0 Å². The number of hydrogen-bond acceptors (Lipinski definition) is 6. The zero-order valence-corrected chi connectivity index (χ0v) is 11.5. The van der Waals surface area contributed by atoms with E-state index in [1.54, 1.807) is 17.2 Å². The molecule has 1 aromatic carbocycles. The van der Waals surface area contributed by atoms with Crippen molar-refractivity contribution < 1.29 is 14.8 Å². The molecule has 2 rings (SSSR count). The molecule has 1 heterocycles. The number of rotatable bonds is 5. The van der Waals surface area contributed by atoms with E-state index in [0.29, 0.717) is 13.2 Å². The Kier molecular flexibility index (Phi) is 6.62. The maximum atomic E-state index is 8.25. The third-order valence-electron chi connectivity index (χ3n) is 2.17. The average Bonchev–Trinajstić information content (AvgIpc) is 2.93. The molecule has 0 amide bonds. The van der Waals surface area contributed by atoms with E-state index in [-0.39, 0.29) is 5.96 Å². The Labute approximate surface area is 124 Å². The Morgan fingerprint density at radius 1 is 1.23 bits per heavy atom. The number of nitrogens with two attached hydrogens (primary N) is 2. The largest absolute Gasteiger partial charge is 0.492 e. The summed E-state index contributed by atoms with van der Waals surface area (Å²) in [6.07, 6.45) is 3.27. The second-order valence-electron chi connectivity index (χ2n) is 3.80. The van der Waals surface area contributed by atoms with Gasteiger partial charge in [0.05, 0.1) is 29.7 Å². The molecule has 22 heavy (non-hydrogen) atoms. The van der Waals surface area contributed by atoms with Crippen LogP contribution in [-0.2, 0) is 6.54 Å². The molecule has 118 valence electrons. The molecule has 5 N–H and O–H groups in total. The van der Waals surface area contributed by atoms with Gasteiger partial charge in [0.1, 0.15) is 12.4 Å². The first-order valence-electron chi connectivity index (χ1n) is 6.01. The summed E-state index contributed by atoms with van der Waals surface area (Å²) in [4.78, 5) is 12.6. The van der Waals surface area contributed by atoms with Crippen molar-refractivity contribution in [1.29, 1.82) is 0 Å². The zero-order chi connectivity index (χ0) is 16.4. The summed E-state index contributed by atoms with van der Waals surface area (Å²) in [7, 11) is 0. The Hall–Kier alpha value is -3.37. The molecule has 11 nitrogen and oxygen atoms in total. The second-order valence-corrected chi connectivity index (χ2v) is 3.80. The molecule has 0 aliphatic rings. The highest BCUT2D eigenvalue weighted by atomic mass is 16.9. The molecular formula is C11H15N7O4. The predicted octanol–water partition coefficient (Wildman–Crippen LogP) is -1.90. The summed E-state index contributed by atoms with van der Waals surface area (Å²) in [5, 5.41) is 22.7. The third-order valence-corrected chi connectivity index (χ3v) is 2.17. The molecule has 1 aromatic heterocycles. The normalized spacial score (nSPS) is 9.27. The Morgan fingerprint density at radius 3 is 2.27 bits per heavy atom. The molecule has 0 aliphatic heterocycles. The zero-order valence-electron chi connectivity index (χ0n) is 11.5. The lowest BCUT2D eigenvalue weighted by Crippen LogP contribution is -2.72. The Balaban J connectivity index is 0.000000541. The molecule has 0 fully saturated rings. The first kappa shape index (κ1) is 16.7. The lowest BCUT2D eigenvalue weighted by atomic mass is 10.3. The van der Waals surface area contributed by atoms with Crippen LogP contribution in [0.25, 0.3) is 0 Å². The minimum atomic E-state index is -1.75. The molecule has 2 aromatic rings. The molecule has 0 radical (unpaired) electrons. The standard InChI is InChI=1S/C11H14N6O.NO3/c12-11(13)16-9-1-3-10(4-2-9)18-8-7-17-14-5-6-15-17;2-1(3)4/h1-6H,7-8H2,(H4,12,13,16);/q;-1/p+1. The molecule has 0 aliphatic carbocycles. The van der Waals surface area contributed by atoms with Crippen LogP contribution in [0.2, 0.25) is 0 Å². The van der Waals surface area contributed by atoms with Crippen LogP contribution in [0.3, 0.4) is 0 Å². The van der Waals surface area contributed by atoms with Gasteiger partial charge in [-0.2, -0.15) is 15.0 Å². The lowest BCUT2D eigenvalue weighted by Gasteiger charge is -2.05. The van der Waals surface area contributed by atoms with Gasteiger partial charge in [-0.3, -0.25) is 11.5 Å². The van der Waals surface area contributed by atoms with Gasteiger partial charge in [-0.25, -0.2) is 4.99 Å². The fourth-order valence-corrected chi connectivity index (χ4v) is 1.41. The van der Waals surface area contributed by atoms with Gasteiger partial charge >= 0.3 is 5.96 Å². The number of nitrogens with one attached hydrogen (secondary N) is 1. The van der Waals surface area contributed by atoms with Crippen molar-refractivity contribution in [3.05, 3.63) is 52.0 Å². The number of benzene rings is 1. The maximum absolute atomic E-state index is 8.25. The van der Waals surface area contributed by atoms with Crippen molar-refractivity contribution >= 4 is 11.6 Å². The number of nitrogens with zero attached hydrogens (tertiary/aromatic N) is 4. The Morgan fingerprint density at radius 2 is 1.77 bits per heavy atom. The van der Waals surface area contributed by atoms with Gasteiger partial charge in [0.15, 0.2) is 0 Å². The minimum absolute atomic E-state index is 0.161. The number of ether oxygens (including phenoxy) is 1. The van der Waals surface area contributed by atoms with Gasteiger partial charge in [0, 0.05) is 0 Å². The van der Waals surface area contributed by atoms with E-state index in [9.17, 15) is 0 Å². The van der Waals surface area contributed by atoms with Crippen LogP contribution in [0.15, 0.2) is 36.7 Å². The van der Waals surface area contributed by atoms with Crippen LogP contribution in [0.4, 0.5) is 5.69 Å². The van der Waals surface area contributed by atoms with E-state index in [2.05, 4.69) is 15.2 Å². The van der Waals surface area contributed by atoms with E-state index in [0.717, 1.165) is 11.4 Å². The van der Waals surface area contributed by atoms with Gasteiger partial charge in [-0.1, -0.05) is 0 Å². The first-order valence-corrected chi connectivity index (χ1v) is 6.01. The van der Waals surface area contributed by atoms with Crippen LogP contribution in [0, 0.1) is 15.3 Å². The van der Waals surface area contributed by atoms with E-state index in [1.165, 1.54) is 0 Å². The van der Waals surface area contributed by atoms with Crippen LogP contribution in [-0.4, -0.2) is 32.6 Å². The molecular weight excluding hydrogens is 294 g/mol. The van der Waals surface area contributed by atoms with Crippen molar-refractivity contribution in [3.8, 4) is 5.75 Å². The van der Waals surface area contributed by atoms with Crippen LogP contribution in [0.1, 0.15) is 0 Å². The van der Waals surface area contributed by atoms with E-state index in [4.69, 9.17) is 31.5 Å². The van der Waals surface area contributed by atoms with Crippen molar-refractivity contribution in [2.45, 2.75) is 6.54 Å². The van der Waals surface area contributed by atoms with Crippen molar-refractivity contribution in [2.75, 3.05) is 6.61 Å². The minimum Gasteiger partial charge on any atom is -0.492 e. The third kappa shape index (κ3) is 7.28. The van der Waals surface area contributed by atoms with Gasteiger partial charge in [-0.15, -0.1) is 0 Å². The van der Waals surface area contributed by atoms with Gasteiger partial charge in [0.2, 0.25) is 0 Å². The summed E-state index contributed by atoms with van der Waals surface area (Å²) in [6.45, 7) is 1.11. The average molecular weight is 309 g/mol. The van der Waals surface area contributed by atoms with Crippen LogP contribution in [0.5, 0.6) is 5.75 Å². The molecule has 0 unspecified atom stereocenters. The SMILES string of the molecule is NC(N)=[NH+]c1ccc(OCCn2nccn2)cc1.O=[N+]([O-])[O-]. The lowest BCUT2D eigenvalue weighted by molar-refractivity contribution is -0.402. The van der Waals surface area contributed by atoms with Crippen LogP contribution >= 0.6 is 0 Å². The number of guanidine groups is 1. The molecule has 0 spiro atoms. The van der Waals surface area contributed by atoms with Crippen LogP contribution < -0.4 is 21.2 Å². The second kappa shape index (κ2) is 8.73. The number of hydrogen-bond donors (Lipinski definition) is 3. The highest BCUT2D eigenvalue weighted by Gasteiger charge is 1.97. The van der Waals surface area contributed by atoms with Gasteiger partial charge in [-0.05, 0) is 24.3 Å². The number of aromatic nitrogens is 3. The highest BCUT2D eigenvalue weighted by Crippen LogP contribution is 2.11. The smallest absolute Gasteiger partial charge is 0.343 e. The van der Waals surface area contributed by atoms with Crippen molar-refractivity contribution in [2.24, 2.45) is 11.5 Å². The fourth-order valence-electron chi connectivity index (χ4n) is 1.41.